The van der Waals surface area contributed by atoms with Gasteiger partial charge < -0.3 is 48.4 Å². The minimum atomic E-state index is -1.14. The van der Waals surface area contributed by atoms with Crippen molar-refractivity contribution in [1.29, 1.82) is 0 Å². The quantitative estimate of drug-likeness (QED) is 0.119. The number of rotatable bonds is 14. The fourth-order valence-corrected chi connectivity index (χ4v) is 5.82. The first kappa shape index (κ1) is 38.0. The molecule has 2 N–H and O–H groups in total. The predicted molar refractivity (Wildman–Crippen MR) is 170 cm³/mol. The number of nitrogens with zero attached hydrogens (tertiary/aromatic N) is 4. The van der Waals surface area contributed by atoms with Crippen LogP contribution in [-0.2, 0) is 19.1 Å². The Hall–Kier alpha value is -5.76. The molecule has 2 fully saturated rings. The molecule has 20 heteroatoms. The van der Waals surface area contributed by atoms with Crippen LogP contribution >= 0.6 is 0 Å². The maximum atomic E-state index is 13.4. The second-order valence-electron chi connectivity index (χ2n) is 11.4. The summed E-state index contributed by atoms with van der Waals surface area (Å²) in [7, 11) is 4.72. The molecule has 2 saturated heterocycles. The Bertz CT molecular complexity index is 1580. The van der Waals surface area contributed by atoms with Gasteiger partial charge in [0.25, 0.3) is 23.2 Å². The largest absolute Gasteiger partial charge is 0.493 e. The van der Waals surface area contributed by atoms with E-state index >= 15 is 0 Å². The van der Waals surface area contributed by atoms with Crippen molar-refractivity contribution in [2.75, 3.05) is 54.7 Å². The van der Waals surface area contributed by atoms with Gasteiger partial charge in [0.2, 0.25) is 0 Å². The van der Waals surface area contributed by atoms with Crippen LogP contribution in [0.5, 0.6) is 23.0 Å². The summed E-state index contributed by atoms with van der Waals surface area (Å²) in [6.45, 7) is -0.725. The van der Waals surface area contributed by atoms with E-state index in [0.717, 1.165) is 48.3 Å². The van der Waals surface area contributed by atoms with Crippen LogP contribution in [0.4, 0.5) is 11.4 Å². The minimum absolute atomic E-state index is 0.0447. The molecule has 2 heterocycles. The van der Waals surface area contributed by atoms with Crippen LogP contribution in [0.15, 0.2) is 24.3 Å². The van der Waals surface area contributed by atoms with Gasteiger partial charge >= 0.3 is 11.9 Å². The molecule has 0 radical (unpaired) electrons. The van der Waals surface area contributed by atoms with Crippen molar-refractivity contribution >= 4 is 35.1 Å². The van der Waals surface area contributed by atoms with E-state index in [1.165, 1.54) is 14.2 Å². The standard InChI is InChI=1S/C31H36N4O16/c1-46-24-10-18(28(38)32-14-16(36)8-22(32)30(40)48-3)20(34(42)43)12-26(24)50-6-5-7-51-27-13-21(35(44)45)19(11-25(27)47-2)29(39)33-15-17(37)9-23(33)31(41)49-4/h10-13,16-17,22-23,36-37H,5-9,14-15H2,1-4H3/t16-,17-,22+,23?/m1/s1. The van der Waals surface area contributed by atoms with Crippen molar-refractivity contribution in [1.82, 2.24) is 9.80 Å². The van der Waals surface area contributed by atoms with Crippen LogP contribution in [-0.4, -0.2) is 133 Å². The van der Waals surface area contributed by atoms with Crippen LogP contribution in [0.25, 0.3) is 0 Å². The number of benzene rings is 2. The molecule has 2 aliphatic heterocycles. The predicted octanol–water partition coefficient (Wildman–Crippen LogP) is 0.865. The molecule has 4 rings (SSSR count). The first-order valence-electron chi connectivity index (χ1n) is 15.4. The number of ether oxygens (including phenoxy) is 6. The van der Waals surface area contributed by atoms with Gasteiger partial charge in [-0.25, -0.2) is 9.59 Å². The molecule has 2 amide bonds. The number of methoxy groups -OCH3 is 4. The molecule has 0 bridgehead atoms. The SMILES string of the molecule is COC(=O)C1C[C@@H](O)CN1C(=O)c1cc(OC)c(OCCCOc2cc([N+](=O)[O-])c(C(=O)N3C[C@H](O)C[C@H]3C(=O)OC)cc2OC)cc1[N+](=O)[O-]. The van der Waals surface area contributed by atoms with Crippen molar-refractivity contribution in [3.8, 4) is 23.0 Å². The molecule has 276 valence electrons. The maximum Gasteiger partial charge on any atom is 0.328 e. The summed E-state index contributed by atoms with van der Waals surface area (Å²) in [5, 5.41) is 44.1. The lowest BCUT2D eigenvalue weighted by atomic mass is 10.1. The first-order chi connectivity index (χ1) is 24.3. The number of nitro groups is 2. The molecule has 0 spiro atoms. The van der Waals surface area contributed by atoms with E-state index in [1.54, 1.807) is 0 Å². The zero-order valence-electron chi connectivity index (χ0n) is 28.0. The zero-order valence-corrected chi connectivity index (χ0v) is 28.0. The Morgan fingerprint density at radius 2 is 1.06 bits per heavy atom. The van der Waals surface area contributed by atoms with Gasteiger partial charge in [0, 0.05) is 44.5 Å². The van der Waals surface area contributed by atoms with E-state index in [9.17, 15) is 49.6 Å². The topological polar surface area (TPSA) is 257 Å². The summed E-state index contributed by atoms with van der Waals surface area (Å²) in [5.74, 6) is -3.66. The zero-order chi connectivity index (χ0) is 37.6. The summed E-state index contributed by atoms with van der Waals surface area (Å²) in [6, 6.07) is 1.86. The molecule has 2 aromatic rings. The van der Waals surface area contributed by atoms with Gasteiger partial charge in [-0.1, -0.05) is 0 Å². The third-order valence-corrected chi connectivity index (χ3v) is 8.25. The van der Waals surface area contributed by atoms with Crippen LogP contribution in [0.2, 0.25) is 0 Å². The van der Waals surface area contributed by atoms with E-state index in [2.05, 4.69) is 0 Å². The van der Waals surface area contributed by atoms with E-state index in [1.807, 2.05) is 0 Å². The van der Waals surface area contributed by atoms with Crippen LogP contribution in [0.3, 0.4) is 0 Å². The number of hydrogen-bond acceptors (Lipinski definition) is 16. The molecule has 51 heavy (non-hydrogen) atoms. The Balaban J connectivity index is 1.47. The van der Waals surface area contributed by atoms with Gasteiger partial charge in [0.15, 0.2) is 23.0 Å². The third kappa shape index (κ3) is 8.18. The Labute approximate surface area is 289 Å². The monoisotopic (exact) mass is 720 g/mol. The molecule has 20 nitrogen and oxygen atoms in total. The second-order valence-corrected chi connectivity index (χ2v) is 11.4. The smallest absolute Gasteiger partial charge is 0.328 e. The Kier molecular flexibility index (Phi) is 12.2. The molecule has 0 aromatic heterocycles. The maximum absolute atomic E-state index is 13.4. The summed E-state index contributed by atoms with van der Waals surface area (Å²) < 4.78 is 31.4. The fraction of sp³-hybridized carbons (Fsp3) is 0.484. The molecule has 0 saturated carbocycles. The highest BCUT2D eigenvalue weighted by Crippen LogP contribution is 2.38. The summed E-state index contributed by atoms with van der Waals surface area (Å²) in [5.41, 5.74) is -2.11. The van der Waals surface area contributed by atoms with Gasteiger partial charge in [0.05, 0.1) is 75.8 Å². The third-order valence-electron chi connectivity index (χ3n) is 8.25. The number of β-amino-alcohol motifs (C(OH)–C–C–N with tert-alkyl or cyclic N) is 2. The van der Waals surface area contributed by atoms with Gasteiger partial charge in [0.1, 0.15) is 23.2 Å². The van der Waals surface area contributed by atoms with Crippen molar-refractivity contribution in [3.05, 3.63) is 55.6 Å². The number of aliphatic hydroxyl groups excluding tert-OH is 2. The lowest BCUT2D eigenvalue weighted by Gasteiger charge is -2.23. The van der Waals surface area contributed by atoms with Gasteiger partial charge in [-0.15, -0.1) is 0 Å². The molecular formula is C31H36N4O16. The van der Waals surface area contributed by atoms with Crippen LogP contribution < -0.4 is 18.9 Å². The molecule has 4 atom stereocenters. The minimum Gasteiger partial charge on any atom is -0.493 e. The summed E-state index contributed by atoms with van der Waals surface area (Å²) in [4.78, 5) is 75.4. The van der Waals surface area contributed by atoms with Gasteiger partial charge in [-0.05, 0) is 0 Å². The fourth-order valence-electron chi connectivity index (χ4n) is 5.82. The number of carbonyl (C=O) groups is 4. The number of hydrogen-bond donors (Lipinski definition) is 2. The van der Waals surface area contributed by atoms with Gasteiger partial charge in [-0.2, -0.15) is 0 Å². The Morgan fingerprint density at radius 1 is 0.686 bits per heavy atom. The highest BCUT2D eigenvalue weighted by Gasteiger charge is 2.43. The lowest BCUT2D eigenvalue weighted by molar-refractivity contribution is -0.385. The summed E-state index contributed by atoms with van der Waals surface area (Å²) >= 11 is 0. The van der Waals surface area contributed by atoms with Crippen molar-refractivity contribution in [2.24, 2.45) is 0 Å². The number of likely N-dealkylation sites (tertiary alicyclic amines) is 2. The molecule has 0 aliphatic carbocycles. The van der Waals surface area contributed by atoms with Crippen LogP contribution in [0, 0.1) is 20.2 Å². The van der Waals surface area contributed by atoms with Crippen molar-refractivity contribution in [2.45, 2.75) is 43.6 Å². The first-order valence-corrected chi connectivity index (χ1v) is 15.4. The normalized spacial score (nSPS) is 19.6. The van der Waals surface area contributed by atoms with Crippen LogP contribution in [0.1, 0.15) is 40.0 Å². The molecule has 1 unspecified atom stereocenters. The van der Waals surface area contributed by atoms with E-state index in [0.29, 0.717) is 0 Å². The molecule has 2 aliphatic rings. The van der Waals surface area contributed by atoms with Gasteiger partial charge in [-0.3, -0.25) is 29.8 Å². The number of carbonyl (C=O) groups excluding carboxylic acids is 4. The molecular weight excluding hydrogens is 684 g/mol. The van der Waals surface area contributed by atoms with E-state index in [-0.39, 0.29) is 68.6 Å². The number of amides is 2. The number of esters is 2. The number of aliphatic hydroxyl groups is 2. The van der Waals surface area contributed by atoms with E-state index < -0.39 is 80.4 Å². The van der Waals surface area contributed by atoms with E-state index in [4.69, 9.17) is 28.4 Å². The second kappa shape index (κ2) is 16.3. The highest BCUT2D eigenvalue weighted by molar-refractivity contribution is 6.02. The summed E-state index contributed by atoms with van der Waals surface area (Å²) in [6.07, 6.45) is -2.17. The Morgan fingerprint density at radius 3 is 1.37 bits per heavy atom. The molecule has 2 aromatic carbocycles. The lowest BCUT2D eigenvalue weighted by Crippen LogP contribution is -2.41. The average Bonchev–Trinajstić information content (AvgIpc) is 3.71. The average molecular weight is 721 g/mol. The van der Waals surface area contributed by atoms with Crippen molar-refractivity contribution in [3.63, 3.8) is 0 Å². The highest BCUT2D eigenvalue weighted by atomic mass is 16.6. The number of nitro benzene ring substituents is 2. The van der Waals surface area contributed by atoms with Crippen molar-refractivity contribution < 1.29 is 67.7 Å².